The molecule has 3 rings (SSSR count). The number of carbonyl (C=O) groups excluding carboxylic acids is 3. The summed E-state index contributed by atoms with van der Waals surface area (Å²) >= 11 is 7.53. The topological polar surface area (TPSA) is 99.2 Å². The van der Waals surface area contributed by atoms with Crippen molar-refractivity contribution in [2.24, 2.45) is 5.92 Å². The second kappa shape index (κ2) is 12.6. The van der Waals surface area contributed by atoms with Crippen LogP contribution in [0.5, 0.6) is 0 Å². The lowest BCUT2D eigenvalue weighted by Crippen LogP contribution is -2.54. The average molecular weight is 527 g/mol. The molecule has 12 heteroatoms. The Morgan fingerprint density at radius 2 is 1.77 bits per heavy atom. The largest absolute Gasteiger partial charge is 0.450 e. The number of halogens is 1. The van der Waals surface area contributed by atoms with Crippen molar-refractivity contribution in [2.75, 3.05) is 63.1 Å². The fraction of sp³-hybridized carbons (Fsp3) is 0.696. The standard InChI is InChI=1S/C23H35ClN6O4S/c1-5-34-23(33)28-8-6-27(7-9-28)21(32)15-35-22-25-18(24)13-19(26-22)29-10-11-30(17(4)14-29)20(31)12-16(2)3/h13,16-17H,5-12,14-15H2,1-4H3. The van der Waals surface area contributed by atoms with E-state index >= 15 is 0 Å². The maximum atomic E-state index is 12.7. The van der Waals surface area contributed by atoms with Crippen LogP contribution in [0.25, 0.3) is 0 Å². The SMILES string of the molecule is CCOC(=O)N1CCN(C(=O)CSc2nc(Cl)cc(N3CCN(C(=O)CC(C)C)C(C)C3)n2)CC1. The van der Waals surface area contributed by atoms with Crippen molar-refractivity contribution < 1.29 is 19.1 Å². The Labute approximate surface area is 216 Å². The van der Waals surface area contributed by atoms with Crippen molar-refractivity contribution in [2.45, 2.75) is 45.3 Å². The number of carbonyl (C=O) groups is 3. The average Bonchev–Trinajstić information content (AvgIpc) is 2.82. The summed E-state index contributed by atoms with van der Waals surface area (Å²) in [5, 5.41) is 0.760. The fourth-order valence-electron chi connectivity index (χ4n) is 4.19. The highest BCUT2D eigenvalue weighted by Crippen LogP contribution is 2.25. The Kier molecular flexibility index (Phi) is 9.85. The van der Waals surface area contributed by atoms with E-state index in [1.807, 2.05) is 11.8 Å². The highest BCUT2D eigenvalue weighted by atomic mass is 35.5. The van der Waals surface area contributed by atoms with Crippen molar-refractivity contribution in [3.63, 3.8) is 0 Å². The third-order valence-electron chi connectivity index (χ3n) is 6.00. The van der Waals surface area contributed by atoms with Gasteiger partial charge in [0.2, 0.25) is 11.8 Å². The summed E-state index contributed by atoms with van der Waals surface area (Å²) in [4.78, 5) is 53.4. The van der Waals surface area contributed by atoms with Gasteiger partial charge in [0.25, 0.3) is 0 Å². The lowest BCUT2D eigenvalue weighted by atomic mass is 10.1. The minimum Gasteiger partial charge on any atom is -0.450 e. The van der Waals surface area contributed by atoms with Crippen LogP contribution in [0.15, 0.2) is 11.2 Å². The Bertz CT molecular complexity index is 912. The monoisotopic (exact) mass is 526 g/mol. The number of hydrogen-bond donors (Lipinski definition) is 0. The smallest absolute Gasteiger partial charge is 0.409 e. The third kappa shape index (κ3) is 7.60. The zero-order chi connectivity index (χ0) is 25.5. The quantitative estimate of drug-likeness (QED) is 0.304. The van der Waals surface area contributed by atoms with E-state index in [1.54, 1.807) is 22.8 Å². The predicted molar refractivity (Wildman–Crippen MR) is 136 cm³/mol. The maximum Gasteiger partial charge on any atom is 0.409 e. The summed E-state index contributed by atoms with van der Waals surface area (Å²) in [6, 6.07) is 1.79. The molecule has 0 saturated carbocycles. The zero-order valence-corrected chi connectivity index (χ0v) is 22.5. The van der Waals surface area contributed by atoms with E-state index in [0.29, 0.717) is 80.9 Å². The van der Waals surface area contributed by atoms with Gasteiger partial charge in [-0.15, -0.1) is 0 Å². The van der Waals surface area contributed by atoms with E-state index in [-0.39, 0.29) is 29.7 Å². The second-order valence-electron chi connectivity index (χ2n) is 9.17. The molecule has 1 atom stereocenters. The van der Waals surface area contributed by atoms with Crippen molar-refractivity contribution in [1.29, 1.82) is 0 Å². The normalized spacial score (nSPS) is 18.7. The highest BCUT2D eigenvalue weighted by molar-refractivity contribution is 7.99. The van der Waals surface area contributed by atoms with Gasteiger partial charge in [0.15, 0.2) is 5.16 Å². The molecule has 194 valence electrons. The van der Waals surface area contributed by atoms with Gasteiger partial charge in [-0.2, -0.15) is 0 Å². The summed E-state index contributed by atoms with van der Waals surface area (Å²) in [5.74, 6) is 1.37. The third-order valence-corrected chi connectivity index (χ3v) is 7.02. The number of anilines is 1. The molecule has 3 amide bonds. The van der Waals surface area contributed by atoms with Gasteiger partial charge in [-0.1, -0.05) is 37.2 Å². The first-order valence-corrected chi connectivity index (χ1v) is 13.5. The van der Waals surface area contributed by atoms with Crippen molar-refractivity contribution in [3.05, 3.63) is 11.2 Å². The van der Waals surface area contributed by atoms with E-state index < -0.39 is 0 Å². The van der Waals surface area contributed by atoms with Gasteiger partial charge in [-0.05, 0) is 19.8 Å². The predicted octanol–water partition coefficient (Wildman–Crippen LogP) is 2.61. The van der Waals surface area contributed by atoms with Crippen LogP contribution in [0.1, 0.15) is 34.1 Å². The minimum atomic E-state index is -0.340. The summed E-state index contributed by atoms with van der Waals surface area (Å²) in [6.45, 7) is 12.1. The first-order chi connectivity index (χ1) is 16.7. The molecule has 0 aliphatic carbocycles. The van der Waals surface area contributed by atoms with Crippen molar-refractivity contribution in [1.82, 2.24) is 24.7 Å². The fourth-order valence-corrected chi connectivity index (χ4v) is 5.17. The molecule has 10 nitrogen and oxygen atoms in total. The van der Waals surface area contributed by atoms with E-state index in [9.17, 15) is 14.4 Å². The molecule has 2 aliphatic rings. The lowest BCUT2D eigenvalue weighted by molar-refractivity contribution is -0.134. The number of ether oxygens (including phenoxy) is 1. The number of nitrogens with zero attached hydrogens (tertiary/aromatic N) is 6. The van der Waals surface area contributed by atoms with Crippen LogP contribution in [0.2, 0.25) is 5.15 Å². The Morgan fingerprint density at radius 3 is 2.40 bits per heavy atom. The molecule has 2 aliphatic heterocycles. The molecule has 35 heavy (non-hydrogen) atoms. The number of piperazine rings is 2. The molecule has 0 radical (unpaired) electrons. The van der Waals surface area contributed by atoms with E-state index in [2.05, 4.69) is 28.7 Å². The van der Waals surface area contributed by atoms with E-state index in [1.165, 1.54) is 11.8 Å². The Morgan fingerprint density at radius 1 is 1.09 bits per heavy atom. The number of thioether (sulfide) groups is 1. The van der Waals surface area contributed by atoms with E-state index in [0.717, 1.165) is 0 Å². The number of rotatable bonds is 7. The molecule has 1 aromatic heterocycles. The molecule has 0 N–H and O–H groups in total. The van der Waals surface area contributed by atoms with E-state index in [4.69, 9.17) is 16.3 Å². The van der Waals surface area contributed by atoms with Gasteiger partial charge in [-0.3, -0.25) is 9.59 Å². The van der Waals surface area contributed by atoms with Gasteiger partial charge in [-0.25, -0.2) is 14.8 Å². The maximum absolute atomic E-state index is 12.7. The van der Waals surface area contributed by atoms with Crippen LogP contribution >= 0.6 is 23.4 Å². The van der Waals surface area contributed by atoms with Crippen LogP contribution in [-0.2, 0) is 14.3 Å². The molecular formula is C23H35ClN6O4S. The van der Waals surface area contributed by atoms with Gasteiger partial charge in [0.1, 0.15) is 11.0 Å². The number of amides is 3. The van der Waals surface area contributed by atoms with Crippen LogP contribution in [0, 0.1) is 5.92 Å². The Hall–Kier alpha value is -2.27. The molecule has 3 heterocycles. The molecule has 1 aromatic rings. The summed E-state index contributed by atoms with van der Waals surface area (Å²) in [6.07, 6.45) is 0.212. The summed E-state index contributed by atoms with van der Waals surface area (Å²) in [7, 11) is 0. The van der Waals surface area contributed by atoms with Crippen LogP contribution < -0.4 is 4.90 Å². The van der Waals surface area contributed by atoms with Gasteiger partial charge < -0.3 is 24.3 Å². The minimum absolute atomic E-state index is 0.0328. The van der Waals surface area contributed by atoms with Gasteiger partial charge in [0, 0.05) is 64.3 Å². The molecule has 2 fully saturated rings. The zero-order valence-electron chi connectivity index (χ0n) is 20.9. The summed E-state index contributed by atoms with van der Waals surface area (Å²) in [5.41, 5.74) is 0. The molecule has 2 saturated heterocycles. The number of hydrogen-bond acceptors (Lipinski definition) is 8. The Balaban J connectivity index is 1.53. The van der Waals surface area contributed by atoms with Crippen molar-refractivity contribution >= 4 is 47.1 Å². The van der Waals surface area contributed by atoms with Gasteiger partial charge >= 0.3 is 6.09 Å². The highest BCUT2D eigenvalue weighted by Gasteiger charge is 2.29. The first kappa shape index (κ1) is 27.3. The molecular weight excluding hydrogens is 492 g/mol. The van der Waals surface area contributed by atoms with Gasteiger partial charge in [0.05, 0.1) is 12.4 Å². The molecule has 0 spiro atoms. The first-order valence-electron chi connectivity index (χ1n) is 12.1. The second-order valence-corrected chi connectivity index (χ2v) is 10.5. The van der Waals surface area contributed by atoms with Crippen LogP contribution in [-0.4, -0.2) is 107 Å². The summed E-state index contributed by atoms with van der Waals surface area (Å²) < 4.78 is 5.02. The van der Waals surface area contributed by atoms with Crippen molar-refractivity contribution in [3.8, 4) is 0 Å². The molecule has 0 bridgehead atoms. The van der Waals surface area contributed by atoms with Crippen LogP contribution in [0.3, 0.4) is 0 Å². The lowest BCUT2D eigenvalue weighted by Gasteiger charge is -2.40. The molecule has 0 aromatic carbocycles. The van der Waals surface area contributed by atoms with Crippen LogP contribution in [0.4, 0.5) is 10.6 Å². The molecule has 1 unspecified atom stereocenters. The number of aromatic nitrogens is 2.